The zero-order valence-electron chi connectivity index (χ0n) is 37.3. The Morgan fingerprint density at radius 3 is 1.63 bits per heavy atom. The van der Waals surface area contributed by atoms with Crippen molar-refractivity contribution >= 4 is 54.9 Å². The number of unbranched alkanes of at least 4 members (excludes halogenated alkanes) is 2. The van der Waals surface area contributed by atoms with Gasteiger partial charge in [0.25, 0.3) is 0 Å². The van der Waals surface area contributed by atoms with Crippen molar-refractivity contribution in [3.05, 3.63) is 96.3 Å². The van der Waals surface area contributed by atoms with Gasteiger partial charge in [0, 0.05) is 5.69 Å². The molecule has 4 aromatic carbocycles. The predicted molar refractivity (Wildman–Crippen MR) is 255 cm³/mol. The van der Waals surface area contributed by atoms with Crippen LogP contribution in [-0.4, -0.2) is 94.7 Å². The first-order chi connectivity index (χ1) is 29.4. The first-order valence-electron chi connectivity index (χ1n) is 20.7. The molecule has 0 fully saturated rings. The number of nitrogens with zero attached hydrogens (tertiary/aromatic N) is 3. The third kappa shape index (κ3) is 15.5. The summed E-state index contributed by atoms with van der Waals surface area (Å²) in [5.74, 6) is 4.21. The van der Waals surface area contributed by atoms with Gasteiger partial charge in [0.2, 0.25) is 0 Å². The van der Waals surface area contributed by atoms with E-state index in [1.165, 1.54) is 4.68 Å². The first kappa shape index (κ1) is 52.1. The number of H-pyrrole nitrogens is 1. The lowest BCUT2D eigenvalue weighted by Crippen LogP contribution is -2.27. The lowest BCUT2D eigenvalue weighted by molar-refractivity contribution is 0.0522. The van der Waals surface area contributed by atoms with Gasteiger partial charge in [-0.05, 0) is 122 Å². The van der Waals surface area contributed by atoms with Crippen LogP contribution in [0.4, 0.5) is 4.79 Å². The molecule has 0 saturated heterocycles. The number of aromatic nitrogens is 4. The highest BCUT2D eigenvalue weighted by molar-refractivity contribution is 7.59. The summed E-state index contributed by atoms with van der Waals surface area (Å²) in [6.45, 7) is 10.7. The van der Waals surface area contributed by atoms with E-state index in [2.05, 4.69) is 15.3 Å². The Kier molecular flexibility index (Phi) is 21.3. The number of methoxy groups -OCH3 is 2. The van der Waals surface area contributed by atoms with E-state index in [4.69, 9.17) is 33.2 Å². The van der Waals surface area contributed by atoms with Gasteiger partial charge >= 0.3 is 6.09 Å². The molecular formula is C47H64N4O10S2. The molecule has 6 aromatic rings. The van der Waals surface area contributed by atoms with Crippen LogP contribution in [0.15, 0.2) is 84.9 Å². The molecule has 3 N–H and O–H groups in total. The summed E-state index contributed by atoms with van der Waals surface area (Å²) in [5, 5.41) is 33.8. The van der Waals surface area contributed by atoms with E-state index < -0.39 is 23.9 Å². The number of benzene rings is 4. The minimum atomic E-state index is -0.625. The second-order valence-corrected chi connectivity index (χ2v) is 15.5. The minimum Gasteiger partial charge on any atom is -0.493 e. The molecule has 14 nitrogen and oxygen atoms in total. The molecule has 0 radical (unpaired) electrons. The number of carbonyl (C=O) groups excluding carboxylic acids is 1. The molecule has 0 aliphatic heterocycles. The SMILES string of the molecule is COc1ccccc1OCCCC[C@H](O)COc1cccc2c1c(C)nn2C(=O)OC(C)(C)C.COc1ccccc1OCCCC[C@H](O)COc1cccc2n[nH]c(C)c12.S.S. The summed E-state index contributed by atoms with van der Waals surface area (Å²) in [4.78, 5) is 12.5. The van der Waals surface area contributed by atoms with E-state index in [9.17, 15) is 15.0 Å². The number of aliphatic hydroxyl groups is 2. The monoisotopic (exact) mass is 908 g/mol. The van der Waals surface area contributed by atoms with E-state index >= 15 is 0 Å². The summed E-state index contributed by atoms with van der Waals surface area (Å²) in [5.41, 5.74) is 2.46. The molecule has 0 spiro atoms. The normalized spacial score (nSPS) is 11.9. The van der Waals surface area contributed by atoms with Crippen LogP contribution in [0, 0.1) is 13.8 Å². The molecule has 344 valence electrons. The van der Waals surface area contributed by atoms with Crippen LogP contribution in [0.3, 0.4) is 0 Å². The fraction of sp³-hybridized carbons (Fsp3) is 0.426. The number of fused-ring (bicyclic) bond motifs is 2. The summed E-state index contributed by atoms with van der Waals surface area (Å²) in [6, 6.07) is 26.3. The van der Waals surface area contributed by atoms with Crippen molar-refractivity contribution in [3.63, 3.8) is 0 Å². The average Bonchev–Trinajstić information content (AvgIpc) is 3.81. The second-order valence-electron chi connectivity index (χ2n) is 15.5. The molecule has 0 unspecified atom stereocenters. The Labute approximate surface area is 384 Å². The van der Waals surface area contributed by atoms with E-state index in [-0.39, 0.29) is 40.2 Å². The highest BCUT2D eigenvalue weighted by Gasteiger charge is 2.23. The lowest BCUT2D eigenvalue weighted by atomic mass is 10.1. The zero-order chi connectivity index (χ0) is 43.8. The van der Waals surface area contributed by atoms with Crippen molar-refractivity contribution in [1.29, 1.82) is 0 Å². The fourth-order valence-corrected chi connectivity index (χ4v) is 6.53. The largest absolute Gasteiger partial charge is 0.493 e. The molecule has 0 bridgehead atoms. The van der Waals surface area contributed by atoms with Crippen molar-refractivity contribution in [1.82, 2.24) is 20.0 Å². The number of carbonyl (C=O) groups is 1. The van der Waals surface area contributed by atoms with Gasteiger partial charge in [-0.2, -0.15) is 41.9 Å². The standard InChI is InChI=1S/C26H34N2O6.C21H26N2O4.2H2S/c1-18-24-20(28(27-18)25(30)34-26(2,3)4)12-10-15-23(24)33-17-19(29)11-8-9-16-32-22-14-7-6-13-21(22)31-5;1-15-21-17(23-22-15)9-7-12-20(21)27-14-16(24)8-5-6-13-26-19-11-4-3-10-18(19)25-2;;/h6-7,10,12-15,19,29H,8-9,11,16-17H2,1-5H3;3-4,7,9-12,16,24H,5-6,8,13-14H2,1-2H3,(H,22,23);2*1H2/t19-;16-;;/m00../s1. The number of aromatic amines is 1. The molecule has 0 amide bonds. The van der Waals surface area contributed by atoms with Gasteiger partial charge in [-0.3, -0.25) is 5.10 Å². The van der Waals surface area contributed by atoms with Crippen molar-refractivity contribution in [3.8, 4) is 34.5 Å². The lowest BCUT2D eigenvalue weighted by Gasteiger charge is -2.19. The Balaban J connectivity index is 0.000000333. The highest BCUT2D eigenvalue weighted by Crippen LogP contribution is 2.31. The molecule has 2 aromatic heterocycles. The topological polar surface area (TPSA) is 169 Å². The van der Waals surface area contributed by atoms with Gasteiger partial charge in [0.1, 0.15) is 30.3 Å². The van der Waals surface area contributed by atoms with Gasteiger partial charge in [0.05, 0.1) is 67.1 Å². The van der Waals surface area contributed by atoms with Gasteiger partial charge < -0.3 is 43.4 Å². The van der Waals surface area contributed by atoms with E-state index in [0.717, 1.165) is 64.9 Å². The van der Waals surface area contributed by atoms with Gasteiger partial charge in [-0.15, -0.1) is 0 Å². The molecular weight excluding hydrogens is 845 g/mol. The van der Waals surface area contributed by atoms with Gasteiger partial charge in [0.15, 0.2) is 23.0 Å². The predicted octanol–water partition coefficient (Wildman–Crippen LogP) is 9.22. The Morgan fingerprint density at radius 1 is 0.651 bits per heavy atom. The Morgan fingerprint density at radius 2 is 1.13 bits per heavy atom. The van der Waals surface area contributed by atoms with Crippen LogP contribution >= 0.6 is 27.0 Å². The van der Waals surface area contributed by atoms with Crippen LogP contribution in [0.2, 0.25) is 0 Å². The number of aryl methyl sites for hydroxylation is 2. The molecule has 63 heavy (non-hydrogen) atoms. The molecule has 0 aliphatic carbocycles. The Hall–Kier alpha value is -5.29. The summed E-state index contributed by atoms with van der Waals surface area (Å²) < 4.78 is 40.5. The van der Waals surface area contributed by atoms with E-state index in [1.54, 1.807) is 26.4 Å². The number of rotatable bonds is 20. The number of ether oxygens (including phenoxy) is 7. The number of aliphatic hydroxyl groups excluding tert-OH is 2. The van der Waals surface area contributed by atoms with Gasteiger partial charge in [-0.1, -0.05) is 36.4 Å². The molecule has 6 rings (SSSR count). The summed E-state index contributed by atoms with van der Waals surface area (Å²) in [7, 11) is 3.24. The third-order valence-corrected chi connectivity index (χ3v) is 9.51. The van der Waals surface area contributed by atoms with Crippen LogP contribution in [0.25, 0.3) is 21.8 Å². The van der Waals surface area contributed by atoms with Crippen molar-refractivity contribution in [2.75, 3.05) is 40.6 Å². The van der Waals surface area contributed by atoms with Crippen LogP contribution < -0.4 is 28.4 Å². The maximum atomic E-state index is 12.5. The maximum absolute atomic E-state index is 12.5. The molecule has 16 heteroatoms. The van der Waals surface area contributed by atoms with Gasteiger partial charge in [-0.25, -0.2) is 4.79 Å². The molecule has 0 aliphatic rings. The molecule has 2 heterocycles. The Bertz CT molecular complexity index is 2290. The molecule has 2 atom stereocenters. The van der Waals surface area contributed by atoms with Crippen LogP contribution in [0.1, 0.15) is 70.7 Å². The maximum Gasteiger partial charge on any atom is 0.435 e. The van der Waals surface area contributed by atoms with Crippen molar-refractivity contribution in [2.45, 2.75) is 91.0 Å². The van der Waals surface area contributed by atoms with Crippen LogP contribution in [0.5, 0.6) is 34.5 Å². The minimum absolute atomic E-state index is 0. The smallest absolute Gasteiger partial charge is 0.435 e. The second kappa shape index (κ2) is 25.7. The van der Waals surface area contributed by atoms with Crippen LogP contribution in [-0.2, 0) is 4.74 Å². The fourth-order valence-electron chi connectivity index (χ4n) is 6.53. The number of para-hydroxylation sites is 4. The number of nitrogens with one attached hydrogen (secondary N) is 1. The number of hydrogen-bond donors (Lipinski definition) is 3. The number of hydrogen-bond acceptors (Lipinski definition) is 12. The van der Waals surface area contributed by atoms with E-state index in [1.807, 2.05) is 107 Å². The van der Waals surface area contributed by atoms with Crippen molar-refractivity contribution < 1.29 is 48.2 Å². The zero-order valence-corrected chi connectivity index (χ0v) is 39.3. The highest BCUT2D eigenvalue weighted by atomic mass is 32.1. The van der Waals surface area contributed by atoms with Crippen molar-refractivity contribution in [2.24, 2.45) is 0 Å². The molecule has 0 saturated carbocycles. The third-order valence-electron chi connectivity index (χ3n) is 9.51. The first-order valence-corrected chi connectivity index (χ1v) is 20.7. The average molecular weight is 909 g/mol. The van der Waals surface area contributed by atoms with E-state index in [0.29, 0.717) is 54.5 Å². The summed E-state index contributed by atoms with van der Waals surface area (Å²) in [6.07, 6.45) is 2.86. The summed E-state index contributed by atoms with van der Waals surface area (Å²) >= 11 is 0. The quantitative estimate of drug-likeness (QED) is 0.0622.